The molecular formula is C11H9NO3. The largest absolute Gasteiger partial charge is 0.514 e. The summed E-state index contributed by atoms with van der Waals surface area (Å²) in [5.41, 5.74) is 0.409. The molecule has 0 spiro atoms. The third kappa shape index (κ3) is 3.16. The SMILES string of the molecule is N#CC(=CO)C(=O)OCc1ccccc1. The fraction of sp³-hybridized carbons (Fsp3) is 0.0909. The number of aliphatic hydroxyl groups excluding tert-OH is 1. The second kappa shape index (κ2) is 5.45. The lowest BCUT2D eigenvalue weighted by atomic mass is 10.2. The van der Waals surface area contributed by atoms with Crippen molar-refractivity contribution in [3.63, 3.8) is 0 Å². The fourth-order valence-electron chi connectivity index (χ4n) is 0.928. The average Bonchev–Trinajstić information content (AvgIpc) is 2.29. The first kappa shape index (κ1) is 10.8. The fourth-order valence-corrected chi connectivity index (χ4v) is 0.928. The van der Waals surface area contributed by atoms with Crippen LogP contribution < -0.4 is 0 Å². The van der Waals surface area contributed by atoms with Gasteiger partial charge in [-0.1, -0.05) is 30.3 Å². The summed E-state index contributed by atoms with van der Waals surface area (Å²) in [5, 5.41) is 16.9. The van der Waals surface area contributed by atoms with E-state index in [2.05, 4.69) is 0 Å². The van der Waals surface area contributed by atoms with Crippen molar-refractivity contribution in [2.24, 2.45) is 0 Å². The number of nitrogens with zero attached hydrogens (tertiary/aromatic N) is 1. The summed E-state index contributed by atoms with van der Waals surface area (Å²) in [6.07, 6.45) is 0.438. The summed E-state index contributed by atoms with van der Waals surface area (Å²) in [5.74, 6) is -0.830. The van der Waals surface area contributed by atoms with Gasteiger partial charge in [0.15, 0.2) is 5.57 Å². The number of ether oxygens (including phenoxy) is 1. The number of hydrogen-bond donors (Lipinski definition) is 1. The van der Waals surface area contributed by atoms with Gasteiger partial charge >= 0.3 is 5.97 Å². The van der Waals surface area contributed by atoms with Gasteiger partial charge in [0.1, 0.15) is 18.9 Å². The van der Waals surface area contributed by atoms with E-state index >= 15 is 0 Å². The van der Waals surface area contributed by atoms with Crippen LogP contribution in [0, 0.1) is 11.3 Å². The van der Waals surface area contributed by atoms with E-state index < -0.39 is 11.5 Å². The molecule has 0 amide bonds. The molecule has 0 aliphatic rings. The molecule has 1 aromatic rings. The van der Waals surface area contributed by atoms with Crippen LogP contribution in [0.4, 0.5) is 0 Å². The molecule has 0 aliphatic heterocycles. The third-order valence-electron chi connectivity index (χ3n) is 1.68. The Kier molecular flexibility index (Phi) is 3.92. The van der Waals surface area contributed by atoms with Crippen LogP contribution in [0.25, 0.3) is 0 Å². The van der Waals surface area contributed by atoms with E-state index in [1.54, 1.807) is 12.1 Å². The predicted molar refractivity (Wildman–Crippen MR) is 52.6 cm³/mol. The number of rotatable bonds is 3. The van der Waals surface area contributed by atoms with Crippen molar-refractivity contribution in [2.75, 3.05) is 0 Å². The summed E-state index contributed by atoms with van der Waals surface area (Å²) in [4.78, 5) is 11.1. The normalized spacial score (nSPS) is 10.5. The molecule has 4 heteroatoms. The van der Waals surface area contributed by atoms with E-state index in [0.29, 0.717) is 6.26 Å². The first-order chi connectivity index (χ1) is 7.27. The number of aliphatic hydroxyl groups is 1. The lowest BCUT2D eigenvalue weighted by molar-refractivity contribution is -0.139. The van der Waals surface area contributed by atoms with Gasteiger partial charge < -0.3 is 9.84 Å². The maximum atomic E-state index is 11.1. The lowest BCUT2D eigenvalue weighted by Crippen LogP contribution is -2.06. The summed E-state index contributed by atoms with van der Waals surface area (Å²) in [6, 6.07) is 10.6. The molecule has 76 valence electrons. The molecule has 0 bridgehead atoms. The Labute approximate surface area is 87.0 Å². The van der Waals surface area contributed by atoms with Crippen molar-refractivity contribution in [3.8, 4) is 6.07 Å². The van der Waals surface area contributed by atoms with E-state index in [-0.39, 0.29) is 6.61 Å². The Hall–Kier alpha value is -2.28. The molecule has 1 aromatic carbocycles. The number of carbonyl (C=O) groups is 1. The highest BCUT2D eigenvalue weighted by Gasteiger charge is 2.10. The number of hydrogen-bond acceptors (Lipinski definition) is 4. The summed E-state index contributed by atoms with van der Waals surface area (Å²) >= 11 is 0. The Morgan fingerprint density at radius 3 is 2.67 bits per heavy atom. The third-order valence-corrected chi connectivity index (χ3v) is 1.68. The van der Waals surface area contributed by atoms with E-state index in [1.165, 1.54) is 6.07 Å². The summed E-state index contributed by atoms with van der Waals surface area (Å²) < 4.78 is 4.78. The molecule has 15 heavy (non-hydrogen) atoms. The molecule has 1 N–H and O–H groups in total. The van der Waals surface area contributed by atoms with Gasteiger partial charge in [0.05, 0.1) is 0 Å². The zero-order valence-corrected chi connectivity index (χ0v) is 7.88. The van der Waals surface area contributed by atoms with E-state index in [9.17, 15) is 4.79 Å². The monoisotopic (exact) mass is 203 g/mol. The van der Waals surface area contributed by atoms with E-state index in [1.807, 2.05) is 18.2 Å². The zero-order valence-electron chi connectivity index (χ0n) is 7.88. The summed E-state index contributed by atoms with van der Waals surface area (Å²) in [7, 11) is 0. The molecule has 0 aliphatic carbocycles. The molecule has 0 radical (unpaired) electrons. The number of benzene rings is 1. The number of nitriles is 1. The van der Waals surface area contributed by atoms with Crippen molar-refractivity contribution in [2.45, 2.75) is 6.61 Å². The molecule has 0 saturated heterocycles. The first-order valence-corrected chi connectivity index (χ1v) is 4.23. The maximum absolute atomic E-state index is 11.1. The zero-order chi connectivity index (χ0) is 11.1. The highest BCUT2D eigenvalue weighted by Crippen LogP contribution is 2.03. The van der Waals surface area contributed by atoms with Gasteiger partial charge in [-0.05, 0) is 5.56 Å². The molecule has 1 rings (SSSR count). The maximum Gasteiger partial charge on any atom is 0.352 e. The average molecular weight is 203 g/mol. The molecule has 0 fully saturated rings. The van der Waals surface area contributed by atoms with Crippen molar-refractivity contribution >= 4 is 5.97 Å². The van der Waals surface area contributed by atoms with Gasteiger partial charge in [0.2, 0.25) is 0 Å². The predicted octanol–water partition coefficient (Wildman–Crippen LogP) is 1.70. The smallest absolute Gasteiger partial charge is 0.352 e. The molecule has 0 heterocycles. The highest BCUT2D eigenvalue weighted by molar-refractivity contribution is 5.92. The van der Waals surface area contributed by atoms with Crippen LogP contribution in [-0.4, -0.2) is 11.1 Å². The Balaban J connectivity index is 2.53. The Morgan fingerprint density at radius 2 is 2.13 bits per heavy atom. The van der Waals surface area contributed by atoms with E-state index in [0.717, 1.165) is 5.56 Å². The van der Waals surface area contributed by atoms with Gasteiger partial charge in [0, 0.05) is 0 Å². The minimum atomic E-state index is -0.830. The van der Waals surface area contributed by atoms with Crippen LogP contribution in [-0.2, 0) is 16.1 Å². The standard InChI is InChI=1S/C11H9NO3/c12-6-10(7-13)11(14)15-8-9-4-2-1-3-5-9/h1-5,7,13H,8H2. The van der Waals surface area contributed by atoms with Crippen molar-refractivity contribution < 1.29 is 14.6 Å². The van der Waals surface area contributed by atoms with Crippen molar-refractivity contribution in [1.82, 2.24) is 0 Å². The van der Waals surface area contributed by atoms with Gasteiger partial charge in [0.25, 0.3) is 0 Å². The van der Waals surface area contributed by atoms with Gasteiger partial charge in [-0.3, -0.25) is 0 Å². The van der Waals surface area contributed by atoms with Crippen LogP contribution in [0.2, 0.25) is 0 Å². The highest BCUT2D eigenvalue weighted by atomic mass is 16.5. The second-order valence-corrected chi connectivity index (χ2v) is 2.72. The molecule has 4 nitrogen and oxygen atoms in total. The number of esters is 1. The Morgan fingerprint density at radius 1 is 1.47 bits per heavy atom. The molecule has 0 atom stereocenters. The van der Waals surface area contributed by atoms with Crippen LogP contribution in [0.5, 0.6) is 0 Å². The van der Waals surface area contributed by atoms with Crippen LogP contribution in [0.1, 0.15) is 5.56 Å². The lowest BCUT2D eigenvalue weighted by Gasteiger charge is -2.02. The van der Waals surface area contributed by atoms with Crippen LogP contribution in [0.15, 0.2) is 42.2 Å². The minimum absolute atomic E-state index is 0.0820. The van der Waals surface area contributed by atoms with E-state index in [4.69, 9.17) is 15.1 Å². The van der Waals surface area contributed by atoms with Crippen LogP contribution >= 0.6 is 0 Å². The van der Waals surface area contributed by atoms with Gasteiger partial charge in [-0.25, -0.2) is 4.79 Å². The quantitative estimate of drug-likeness (QED) is 0.351. The van der Waals surface area contributed by atoms with Crippen molar-refractivity contribution in [1.29, 1.82) is 5.26 Å². The summed E-state index contributed by atoms with van der Waals surface area (Å²) in [6.45, 7) is 0.0820. The minimum Gasteiger partial charge on any atom is -0.514 e. The topological polar surface area (TPSA) is 70.3 Å². The molecule has 0 aromatic heterocycles. The van der Waals surface area contributed by atoms with Gasteiger partial charge in [-0.15, -0.1) is 0 Å². The first-order valence-electron chi connectivity index (χ1n) is 4.23. The molecule has 0 unspecified atom stereocenters. The van der Waals surface area contributed by atoms with Crippen molar-refractivity contribution in [3.05, 3.63) is 47.7 Å². The second-order valence-electron chi connectivity index (χ2n) is 2.72. The van der Waals surface area contributed by atoms with Gasteiger partial charge in [-0.2, -0.15) is 5.26 Å². The molecular weight excluding hydrogens is 194 g/mol. The number of carbonyl (C=O) groups excluding carboxylic acids is 1. The Bertz CT molecular complexity index is 404. The molecule has 0 saturated carbocycles. The van der Waals surface area contributed by atoms with Crippen LogP contribution in [0.3, 0.4) is 0 Å².